The molecule has 10 nitrogen and oxygen atoms in total. The average molecular weight is 477 g/mol. The maximum Gasteiger partial charge on any atom is 0.355 e. The molecule has 1 atom stereocenters. The van der Waals surface area contributed by atoms with E-state index in [1.54, 1.807) is 55.5 Å². The number of pyridine rings is 1. The van der Waals surface area contributed by atoms with E-state index in [4.69, 9.17) is 14.2 Å². The van der Waals surface area contributed by atoms with Crippen LogP contribution in [0.3, 0.4) is 0 Å². The van der Waals surface area contributed by atoms with E-state index in [0.717, 1.165) is 0 Å². The second kappa shape index (κ2) is 10.1. The molecule has 35 heavy (non-hydrogen) atoms. The zero-order chi connectivity index (χ0) is 24.9. The van der Waals surface area contributed by atoms with Crippen LogP contribution in [0.5, 0.6) is 5.75 Å². The minimum absolute atomic E-state index is 0.0565. The van der Waals surface area contributed by atoms with Crippen LogP contribution < -0.4 is 20.9 Å². The Kier molecular flexibility index (Phi) is 6.81. The highest BCUT2D eigenvalue weighted by atomic mass is 16.5. The minimum atomic E-state index is -0.845. The summed E-state index contributed by atoms with van der Waals surface area (Å²) in [5.74, 6) is -0.891. The molecule has 0 aliphatic carbocycles. The number of rotatable bonds is 7. The molecule has 180 valence electrons. The highest BCUT2D eigenvalue weighted by molar-refractivity contribution is 5.96. The summed E-state index contributed by atoms with van der Waals surface area (Å²) < 4.78 is 15.7. The van der Waals surface area contributed by atoms with Crippen LogP contribution in [0.2, 0.25) is 0 Å². The van der Waals surface area contributed by atoms with Gasteiger partial charge >= 0.3 is 18.0 Å². The Hall–Kier alpha value is -4.60. The summed E-state index contributed by atoms with van der Waals surface area (Å²) >= 11 is 0. The van der Waals surface area contributed by atoms with E-state index in [9.17, 15) is 19.2 Å². The van der Waals surface area contributed by atoms with Crippen LogP contribution in [0, 0.1) is 0 Å². The molecule has 0 saturated heterocycles. The number of urea groups is 1. The number of H-pyrrole nitrogens is 1. The van der Waals surface area contributed by atoms with Crippen molar-refractivity contribution in [2.24, 2.45) is 0 Å². The van der Waals surface area contributed by atoms with Crippen molar-refractivity contribution in [3.8, 4) is 5.75 Å². The summed E-state index contributed by atoms with van der Waals surface area (Å²) in [5.41, 5.74) is 0.280. The predicted octanol–water partition coefficient (Wildman–Crippen LogP) is 2.56. The number of amides is 2. The van der Waals surface area contributed by atoms with E-state index >= 15 is 0 Å². The molecule has 1 aromatic heterocycles. The Morgan fingerprint density at radius 3 is 2.43 bits per heavy atom. The van der Waals surface area contributed by atoms with E-state index < -0.39 is 36.2 Å². The number of carbonyl (C=O) groups is 3. The van der Waals surface area contributed by atoms with Crippen LogP contribution in [-0.4, -0.2) is 43.3 Å². The molecule has 3 aromatic rings. The number of ether oxygens (including phenoxy) is 3. The molecule has 3 N–H and O–H groups in total. The summed E-state index contributed by atoms with van der Waals surface area (Å²) in [6.45, 7) is 1.34. The third-order valence-electron chi connectivity index (χ3n) is 5.42. The topological polar surface area (TPSA) is 136 Å². The van der Waals surface area contributed by atoms with Crippen LogP contribution in [0.1, 0.15) is 29.0 Å². The zero-order valence-electron chi connectivity index (χ0n) is 19.0. The third-order valence-corrected chi connectivity index (χ3v) is 5.42. The fourth-order valence-electron chi connectivity index (χ4n) is 3.76. The maximum atomic E-state index is 12.8. The standard InChI is InChI=1S/C25H23N3O7/c1-3-34-24(31)20-19(27-25(32)28-21(20)14-8-10-16(33-2)11-9-14)13-35-23(30)18-12-15-6-4-5-7-17(15)22(29)26-18/h4-12,21H,3,13H2,1-2H3,(H,26,29)(H2,27,28,32). The van der Waals surface area contributed by atoms with E-state index in [1.165, 1.54) is 13.2 Å². The molecule has 2 amide bonds. The minimum Gasteiger partial charge on any atom is -0.497 e. The molecule has 0 saturated carbocycles. The third kappa shape index (κ3) is 5.01. The average Bonchev–Trinajstić information content (AvgIpc) is 2.87. The largest absolute Gasteiger partial charge is 0.497 e. The first-order valence-electron chi connectivity index (χ1n) is 10.8. The quantitative estimate of drug-likeness (QED) is 0.445. The number of benzene rings is 2. The van der Waals surface area contributed by atoms with Crippen LogP contribution >= 0.6 is 0 Å². The van der Waals surface area contributed by atoms with Gasteiger partial charge in [-0.1, -0.05) is 30.3 Å². The van der Waals surface area contributed by atoms with Crippen molar-refractivity contribution in [3.63, 3.8) is 0 Å². The Labute approximate surface area is 199 Å². The van der Waals surface area contributed by atoms with Gasteiger partial charge in [0.15, 0.2) is 0 Å². The van der Waals surface area contributed by atoms with Crippen molar-refractivity contribution in [2.75, 3.05) is 20.3 Å². The van der Waals surface area contributed by atoms with Crippen molar-refractivity contribution in [2.45, 2.75) is 13.0 Å². The van der Waals surface area contributed by atoms with Gasteiger partial charge < -0.3 is 29.8 Å². The summed E-state index contributed by atoms with van der Waals surface area (Å²) in [6, 6.07) is 13.7. The van der Waals surface area contributed by atoms with Crippen molar-refractivity contribution >= 4 is 28.7 Å². The Morgan fingerprint density at radius 1 is 0.971 bits per heavy atom. The normalized spacial score (nSPS) is 15.3. The van der Waals surface area contributed by atoms with Crippen LogP contribution in [0.15, 0.2) is 70.7 Å². The number of hydrogen-bond acceptors (Lipinski definition) is 7. The lowest BCUT2D eigenvalue weighted by Crippen LogP contribution is -2.47. The molecular formula is C25H23N3O7. The summed E-state index contributed by atoms with van der Waals surface area (Å²) in [7, 11) is 1.53. The predicted molar refractivity (Wildman–Crippen MR) is 126 cm³/mol. The van der Waals surface area contributed by atoms with Gasteiger partial charge in [-0.2, -0.15) is 0 Å². The molecule has 1 aliphatic heterocycles. The van der Waals surface area contributed by atoms with E-state index in [-0.39, 0.29) is 23.6 Å². The van der Waals surface area contributed by atoms with E-state index in [1.807, 2.05) is 0 Å². The molecule has 2 heterocycles. The summed E-state index contributed by atoms with van der Waals surface area (Å²) in [4.78, 5) is 52.8. The van der Waals surface area contributed by atoms with Gasteiger partial charge in [0.25, 0.3) is 5.56 Å². The van der Waals surface area contributed by atoms with Crippen LogP contribution in [-0.2, 0) is 14.3 Å². The van der Waals surface area contributed by atoms with Crippen molar-refractivity contribution in [3.05, 3.63) is 87.5 Å². The number of methoxy groups -OCH3 is 1. The molecule has 1 aliphatic rings. The lowest BCUT2D eigenvalue weighted by atomic mass is 9.95. The molecule has 1 unspecified atom stereocenters. The number of aromatic nitrogens is 1. The van der Waals surface area contributed by atoms with Crippen LogP contribution in [0.4, 0.5) is 4.79 Å². The molecule has 0 bridgehead atoms. The van der Waals surface area contributed by atoms with E-state index in [2.05, 4.69) is 15.6 Å². The zero-order valence-corrected chi connectivity index (χ0v) is 19.0. The number of esters is 2. The molecule has 0 spiro atoms. The molecule has 0 radical (unpaired) electrons. The second-order valence-electron chi connectivity index (χ2n) is 7.59. The number of nitrogens with one attached hydrogen (secondary N) is 3. The smallest absolute Gasteiger partial charge is 0.355 e. The Balaban J connectivity index is 1.65. The van der Waals surface area contributed by atoms with Crippen molar-refractivity contribution in [1.82, 2.24) is 15.6 Å². The molecule has 4 rings (SSSR count). The molecule has 0 fully saturated rings. The Morgan fingerprint density at radius 2 is 1.71 bits per heavy atom. The molecular weight excluding hydrogens is 454 g/mol. The molecule has 10 heteroatoms. The van der Waals surface area contributed by atoms with Crippen molar-refractivity contribution in [1.29, 1.82) is 0 Å². The molecule has 2 aromatic carbocycles. The highest BCUT2D eigenvalue weighted by Gasteiger charge is 2.34. The number of hydrogen-bond donors (Lipinski definition) is 3. The van der Waals surface area contributed by atoms with Gasteiger partial charge in [-0.25, -0.2) is 14.4 Å². The summed E-state index contributed by atoms with van der Waals surface area (Å²) in [6.07, 6.45) is 0. The lowest BCUT2D eigenvalue weighted by Gasteiger charge is -2.29. The fourth-order valence-corrected chi connectivity index (χ4v) is 3.76. The van der Waals surface area contributed by atoms with Gasteiger partial charge in [0, 0.05) is 5.39 Å². The van der Waals surface area contributed by atoms with Gasteiger partial charge in [-0.3, -0.25) is 4.79 Å². The summed E-state index contributed by atoms with van der Waals surface area (Å²) in [5, 5.41) is 6.24. The van der Waals surface area contributed by atoms with Crippen molar-refractivity contribution < 1.29 is 28.6 Å². The number of aromatic amines is 1. The first kappa shape index (κ1) is 23.6. The van der Waals surface area contributed by atoms with E-state index in [0.29, 0.717) is 22.1 Å². The SMILES string of the molecule is CCOC(=O)C1=C(COC(=O)c2cc3ccccc3c(=O)[nH]2)NC(=O)NC1c1ccc(OC)cc1. The second-order valence-corrected chi connectivity index (χ2v) is 7.59. The monoisotopic (exact) mass is 477 g/mol. The number of carbonyl (C=O) groups excluding carboxylic acids is 3. The van der Waals surface area contributed by atoms with Gasteiger partial charge in [-0.05, 0) is 42.1 Å². The first-order valence-corrected chi connectivity index (χ1v) is 10.8. The Bertz CT molecular complexity index is 1380. The highest BCUT2D eigenvalue weighted by Crippen LogP contribution is 2.29. The lowest BCUT2D eigenvalue weighted by molar-refractivity contribution is -0.139. The van der Waals surface area contributed by atoms with Gasteiger partial charge in [0.2, 0.25) is 0 Å². The van der Waals surface area contributed by atoms with Crippen LogP contribution in [0.25, 0.3) is 10.8 Å². The van der Waals surface area contributed by atoms with Gasteiger partial charge in [0.05, 0.1) is 31.0 Å². The van der Waals surface area contributed by atoms with Gasteiger partial charge in [-0.15, -0.1) is 0 Å². The fraction of sp³-hybridized carbons (Fsp3) is 0.200. The number of fused-ring (bicyclic) bond motifs is 1. The van der Waals surface area contributed by atoms with Gasteiger partial charge in [0.1, 0.15) is 18.1 Å². The first-order chi connectivity index (χ1) is 16.9. The maximum absolute atomic E-state index is 12.8.